The molecule has 1 unspecified atom stereocenters. The van der Waals surface area contributed by atoms with Crippen molar-refractivity contribution in [3.8, 4) is 0 Å². The van der Waals surface area contributed by atoms with Crippen LogP contribution in [0, 0.1) is 0 Å². The van der Waals surface area contributed by atoms with Gasteiger partial charge in [-0.2, -0.15) is 114 Å². The van der Waals surface area contributed by atoms with Crippen LogP contribution in [0.15, 0.2) is 0 Å². The molecule has 0 N–H and O–H groups in total. The van der Waals surface area contributed by atoms with E-state index in [4.69, 9.17) is 0 Å². The van der Waals surface area contributed by atoms with E-state index in [0.717, 1.165) is 35.4 Å². The van der Waals surface area contributed by atoms with E-state index in [0.29, 0.717) is 25.7 Å². The van der Waals surface area contributed by atoms with Crippen LogP contribution in [0.1, 0.15) is 97.3 Å². The number of rotatable bonds is 22. The van der Waals surface area contributed by atoms with Crippen molar-refractivity contribution in [3.63, 3.8) is 0 Å². The van der Waals surface area contributed by atoms with Crippen molar-refractivity contribution in [3.05, 3.63) is 0 Å². The molecule has 0 bridgehead atoms. The molecule has 0 aliphatic rings. The molecule has 334 valence electrons. The third-order valence-corrected chi connectivity index (χ3v) is 8.75. The van der Waals surface area contributed by atoms with E-state index in [1.807, 2.05) is 0 Å². The third kappa shape index (κ3) is 11.6. The summed E-state index contributed by atoms with van der Waals surface area (Å²) in [5.41, 5.74) is 0. The second-order valence-corrected chi connectivity index (χ2v) is 13.9. The molecule has 0 saturated carbocycles. The highest BCUT2D eigenvalue weighted by Crippen LogP contribution is 2.62. The monoisotopic (exact) mass is 990 g/mol. The number of hydrogen-bond donors (Lipinski definition) is 0. The molecule has 27 heteroatoms. The van der Waals surface area contributed by atoms with Crippen molar-refractivity contribution in [1.29, 1.82) is 0 Å². The van der Waals surface area contributed by atoms with Gasteiger partial charge in [0, 0.05) is 16.8 Å². The van der Waals surface area contributed by atoms with E-state index in [1.54, 1.807) is 13.8 Å². The fourth-order valence-corrected chi connectivity index (χ4v) is 5.18. The Labute approximate surface area is 309 Å². The Morgan fingerprint density at radius 2 is 0.600 bits per heavy atom. The first-order valence-electron chi connectivity index (χ1n) is 15.6. The molecule has 0 radical (unpaired) electrons. The van der Waals surface area contributed by atoms with E-state index in [-0.39, 0.29) is 25.7 Å². The van der Waals surface area contributed by atoms with Gasteiger partial charge in [0.25, 0.3) is 0 Å². The summed E-state index contributed by atoms with van der Waals surface area (Å²) < 4.78 is 334. The van der Waals surface area contributed by atoms with Crippen LogP contribution in [-0.2, 0) is 0 Å². The van der Waals surface area contributed by atoms with Gasteiger partial charge in [-0.3, -0.25) is 0 Å². The van der Waals surface area contributed by atoms with Gasteiger partial charge < -0.3 is 0 Å². The average molecular weight is 990 g/mol. The lowest BCUT2D eigenvalue weighted by molar-refractivity contribution is -0.440. The molecule has 0 saturated heterocycles. The first-order chi connectivity index (χ1) is 24.0. The predicted octanol–water partition coefficient (Wildman–Crippen LogP) is 15.4. The van der Waals surface area contributed by atoms with Gasteiger partial charge in [-0.15, -0.1) is 0 Å². The van der Waals surface area contributed by atoms with Gasteiger partial charge >= 0.3 is 71.6 Å². The van der Waals surface area contributed by atoms with E-state index in [1.165, 1.54) is 0 Å². The number of halogens is 27. The fourth-order valence-electron chi connectivity index (χ4n) is 4.19. The molecule has 0 heterocycles. The normalized spacial score (nSPS) is 15.9. The van der Waals surface area contributed by atoms with Crippen LogP contribution in [0.4, 0.5) is 114 Å². The summed E-state index contributed by atoms with van der Waals surface area (Å²) in [6, 6.07) is 0. The van der Waals surface area contributed by atoms with E-state index < -0.39 is 94.8 Å². The van der Waals surface area contributed by atoms with Crippen molar-refractivity contribution in [2.75, 3.05) is 0 Å². The molecule has 55 heavy (non-hydrogen) atoms. The molecule has 0 nitrogen and oxygen atoms in total. The smallest absolute Gasteiger partial charge is 0.200 e. The summed E-state index contributed by atoms with van der Waals surface area (Å²) in [5, 5.41) is 0. The molecule has 0 spiro atoms. The quantitative estimate of drug-likeness (QED) is 0.0439. The topological polar surface area (TPSA) is 0 Å². The highest BCUT2D eigenvalue weighted by atomic mass is 127. The van der Waals surface area contributed by atoms with Crippen LogP contribution in [0.3, 0.4) is 0 Å². The molecule has 1 atom stereocenters. The van der Waals surface area contributed by atoms with Crippen molar-refractivity contribution < 1.29 is 114 Å². The Hall–Kier alpha value is -1.09. The molecule has 0 aromatic heterocycles. The van der Waals surface area contributed by atoms with Gasteiger partial charge in [-0.1, -0.05) is 94.2 Å². The van der Waals surface area contributed by atoms with E-state index in [2.05, 4.69) is 0 Å². The summed E-state index contributed by atoms with van der Waals surface area (Å²) in [5.74, 6) is -72.6. The maximum absolute atomic E-state index is 13.6. The summed E-state index contributed by atoms with van der Waals surface area (Å²) in [4.78, 5) is 0. The molecule has 0 fully saturated rings. The minimum atomic E-state index is -7.83. The molecule has 0 aromatic rings. The van der Waals surface area contributed by atoms with E-state index >= 15 is 0 Å². The minimum absolute atomic E-state index is 0.174. The first kappa shape index (κ1) is 56.0. The fraction of sp³-hybridized carbons (Fsp3) is 1.00. The van der Waals surface area contributed by atoms with Gasteiger partial charge in [0.1, 0.15) is 0 Å². The van der Waals surface area contributed by atoms with Gasteiger partial charge in [-0.25, -0.2) is 0 Å². The molecule has 0 aliphatic heterocycles. The first-order valence-corrected chi connectivity index (χ1v) is 16.8. The lowest BCUT2D eigenvalue weighted by atomic mass is 9.91. The van der Waals surface area contributed by atoms with E-state index in [9.17, 15) is 114 Å². The van der Waals surface area contributed by atoms with Gasteiger partial charge in [0.05, 0.1) is 0 Å². The maximum Gasteiger partial charge on any atom is 0.460 e. The number of hydrogen-bond acceptors (Lipinski definition) is 0. The van der Waals surface area contributed by atoms with Crippen molar-refractivity contribution in [2.24, 2.45) is 0 Å². The maximum atomic E-state index is 13.6. The summed E-state index contributed by atoms with van der Waals surface area (Å²) in [6.45, 7) is 3.57. The zero-order chi connectivity index (χ0) is 44.8. The Bertz CT molecular complexity index is 1140. The highest BCUT2D eigenvalue weighted by Gasteiger charge is 2.92. The predicted molar refractivity (Wildman–Crippen MR) is 151 cm³/mol. The van der Waals surface area contributed by atoms with Crippen LogP contribution >= 0.6 is 22.6 Å². The highest BCUT2D eigenvalue weighted by molar-refractivity contribution is 14.1. The zero-order valence-corrected chi connectivity index (χ0v) is 30.1. The third-order valence-electron chi connectivity index (χ3n) is 7.69. The number of alkyl halides is 27. The second kappa shape index (κ2) is 18.9. The molecule has 0 aliphatic carbocycles. The Morgan fingerprint density at radius 1 is 0.327 bits per heavy atom. The zero-order valence-electron chi connectivity index (χ0n) is 28.0. The Balaban J connectivity index is 0. The Morgan fingerprint density at radius 3 is 0.927 bits per heavy atom. The average Bonchev–Trinajstić information content (AvgIpc) is 2.99. The number of unbranched alkanes of at least 4 members (excludes halogenated alkanes) is 8. The summed E-state index contributed by atoms with van der Waals surface area (Å²) >= 11 is 1.16. The Kier molecular flexibility index (Phi) is 19.2. The van der Waals surface area contributed by atoms with Crippen molar-refractivity contribution >= 4 is 22.6 Å². The van der Waals surface area contributed by atoms with Crippen LogP contribution < -0.4 is 0 Å². The molecular weight excluding hydrogens is 957 g/mol. The summed E-state index contributed by atoms with van der Waals surface area (Å²) in [6.07, 6.45) is -16.0. The largest absolute Gasteiger partial charge is 0.460 e. The summed E-state index contributed by atoms with van der Waals surface area (Å²) in [7, 11) is 0. The van der Waals surface area contributed by atoms with Crippen molar-refractivity contribution in [1.82, 2.24) is 0 Å². The van der Waals surface area contributed by atoms with Crippen LogP contribution in [-0.4, -0.2) is 75.5 Å². The molecule has 0 rings (SSSR count). The van der Waals surface area contributed by atoms with Gasteiger partial charge in [0.15, 0.2) is 0 Å². The van der Waals surface area contributed by atoms with Crippen molar-refractivity contribution in [2.45, 2.75) is 173 Å². The van der Waals surface area contributed by atoms with Gasteiger partial charge in [0.2, 0.25) is 0 Å². The molecule has 0 aromatic carbocycles. The van der Waals surface area contributed by atoms with Crippen LogP contribution in [0.2, 0.25) is 0 Å². The lowest BCUT2D eigenvalue weighted by Crippen LogP contribution is -2.70. The SMILES string of the molecule is CCCCCCC(I)CC(F)(F)C(F)(F)C(F)(F)C(F)(F)C(F)(F)C(F)(F)F.CCCCCCCCC(F)(F)C(F)(F)C(F)(F)C(F)(F)C(F)(F)C(F)(F)F. The molecular formula is C28H33F26I. The standard InChI is InChI=1S/C14H16F13I.C14H17F13/c1-2-3-4-5-6-8(28)7-9(15,16)10(17,18)11(19,20)12(21,22)13(23,24)14(25,26)27;1-2-3-4-5-6-7-8-9(15,16)10(17,18)11(19,20)12(21,22)13(23,24)14(25,26)27/h8H,2-7H2,1H3;2-8H2,1H3. The van der Waals surface area contributed by atoms with Crippen LogP contribution in [0.5, 0.6) is 0 Å². The molecule has 0 amide bonds. The minimum Gasteiger partial charge on any atom is -0.200 e. The lowest BCUT2D eigenvalue weighted by Gasteiger charge is -2.40. The van der Waals surface area contributed by atoms with Gasteiger partial charge in [-0.05, 0) is 12.8 Å². The second-order valence-electron chi connectivity index (χ2n) is 12.2. The van der Waals surface area contributed by atoms with Crippen LogP contribution in [0.25, 0.3) is 0 Å².